The van der Waals surface area contributed by atoms with Gasteiger partial charge in [0.15, 0.2) is 0 Å². The number of aromatic nitrogens is 1. The number of ether oxygens (including phenoxy) is 1. The lowest BCUT2D eigenvalue weighted by molar-refractivity contribution is 0.480. The predicted molar refractivity (Wildman–Crippen MR) is 72.7 cm³/mol. The molecule has 17 heavy (non-hydrogen) atoms. The van der Waals surface area contributed by atoms with E-state index < -0.39 is 0 Å². The minimum atomic E-state index is 0.818. The Morgan fingerprint density at radius 2 is 1.65 bits per heavy atom. The van der Waals surface area contributed by atoms with Gasteiger partial charge in [-0.1, -0.05) is 15.9 Å². The van der Waals surface area contributed by atoms with Crippen LogP contribution in [0.15, 0.2) is 34.9 Å². The second kappa shape index (κ2) is 4.88. The van der Waals surface area contributed by atoms with E-state index >= 15 is 0 Å². The van der Waals surface area contributed by atoms with Gasteiger partial charge in [-0.05, 0) is 50.1 Å². The van der Waals surface area contributed by atoms with Gasteiger partial charge in [-0.2, -0.15) is 0 Å². The largest absolute Gasteiger partial charge is 0.457 e. The van der Waals surface area contributed by atoms with E-state index in [4.69, 9.17) is 4.74 Å². The molecule has 0 spiro atoms. The maximum Gasteiger partial charge on any atom is 0.130 e. The average molecular weight is 292 g/mol. The summed E-state index contributed by atoms with van der Waals surface area (Å²) in [7, 11) is 0. The molecule has 0 aliphatic rings. The molecule has 1 heterocycles. The van der Waals surface area contributed by atoms with Crippen molar-refractivity contribution in [3.8, 4) is 11.5 Å². The van der Waals surface area contributed by atoms with Crippen LogP contribution >= 0.6 is 15.9 Å². The molecule has 88 valence electrons. The third kappa shape index (κ3) is 2.86. The zero-order valence-corrected chi connectivity index (χ0v) is 11.7. The molecule has 0 atom stereocenters. The molecule has 0 amide bonds. The quantitative estimate of drug-likeness (QED) is 0.809. The lowest BCUT2D eigenvalue weighted by Gasteiger charge is -2.10. The van der Waals surface area contributed by atoms with Gasteiger partial charge in [0.1, 0.15) is 11.5 Å². The highest BCUT2D eigenvalue weighted by atomic mass is 79.9. The molecule has 2 rings (SSSR count). The van der Waals surface area contributed by atoms with Crippen molar-refractivity contribution < 1.29 is 4.74 Å². The number of aryl methyl sites for hydroxylation is 3. The summed E-state index contributed by atoms with van der Waals surface area (Å²) in [6.07, 6.45) is 1.75. The Kier molecular flexibility index (Phi) is 3.48. The molecular weight excluding hydrogens is 278 g/mol. The van der Waals surface area contributed by atoms with Crippen LogP contribution in [-0.2, 0) is 0 Å². The van der Waals surface area contributed by atoms with Gasteiger partial charge < -0.3 is 4.74 Å². The van der Waals surface area contributed by atoms with Crippen molar-refractivity contribution in [3.05, 3.63) is 51.8 Å². The Labute approximate surface area is 110 Å². The third-order valence-electron chi connectivity index (χ3n) is 2.51. The number of hydrogen-bond donors (Lipinski definition) is 0. The zero-order chi connectivity index (χ0) is 12.4. The van der Waals surface area contributed by atoms with Crippen LogP contribution in [-0.4, -0.2) is 4.98 Å². The first-order valence-corrected chi connectivity index (χ1v) is 6.23. The number of halogens is 1. The van der Waals surface area contributed by atoms with Crippen molar-refractivity contribution in [2.75, 3.05) is 0 Å². The molecule has 0 saturated heterocycles. The van der Waals surface area contributed by atoms with Crippen LogP contribution in [0.5, 0.6) is 11.5 Å². The fourth-order valence-corrected chi connectivity index (χ4v) is 1.91. The lowest BCUT2D eigenvalue weighted by atomic mass is 10.1. The second-order valence-corrected chi connectivity index (χ2v) is 4.90. The fraction of sp³-hybridized carbons (Fsp3) is 0.214. The highest BCUT2D eigenvalue weighted by molar-refractivity contribution is 9.10. The Morgan fingerprint density at radius 1 is 1.00 bits per heavy atom. The van der Waals surface area contributed by atoms with Crippen molar-refractivity contribution in [1.82, 2.24) is 4.98 Å². The topological polar surface area (TPSA) is 22.1 Å². The summed E-state index contributed by atoms with van der Waals surface area (Å²) in [4.78, 5) is 4.14. The summed E-state index contributed by atoms with van der Waals surface area (Å²) in [6.45, 7) is 6.06. The van der Waals surface area contributed by atoms with E-state index in [1.165, 1.54) is 11.1 Å². The van der Waals surface area contributed by atoms with Crippen molar-refractivity contribution in [2.24, 2.45) is 0 Å². The molecule has 2 nitrogen and oxygen atoms in total. The standard InChI is InChI=1S/C14H14BrNO/c1-9-6-13(7-10(2)14(9)15)17-12-4-5-16-11(3)8-12/h4-8H,1-3H3. The minimum absolute atomic E-state index is 0.818. The van der Waals surface area contributed by atoms with Crippen LogP contribution in [0.25, 0.3) is 0 Å². The minimum Gasteiger partial charge on any atom is -0.457 e. The van der Waals surface area contributed by atoms with Crippen molar-refractivity contribution in [3.63, 3.8) is 0 Å². The van der Waals surface area contributed by atoms with E-state index in [-0.39, 0.29) is 0 Å². The van der Waals surface area contributed by atoms with E-state index in [2.05, 4.69) is 34.8 Å². The smallest absolute Gasteiger partial charge is 0.130 e. The summed E-state index contributed by atoms with van der Waals surface area (Å²) < 4.78 is 6.95. The number of hydrogen-bond acceptors (Lipinski definition) is 2. The van der Waals surface area contributed by atoms with E-state index in [0.29, 0.717) is 0 Å². The van der Waals surface area contributed by atoms with Crippen LogP contribution in [0.4, 0.5) is 0 Å². The lowest BCUT2D eigenvalue weighted by Crippen LogP contribution is -1.89. The first-order chi connectivity index (χ1) is 8.06. The van der Waals surface area contributed by atoms with Gasteiger partial charge in [0.25, 0.3) is 0 Å². The zero-order valence-electron chi connectivity index (χ0n) is 10.1. The summed E-state index contributed by atoms with van der Waals surface area (Å²) in [5.41, 5.74) is 3.30. The molecule has 3 heteroatoms. The Hall–Kier alpha value is -1.35. The van der Waals surface area contributed by atoms with Gasteiger partial charge in [0.05, 0.1) is 0 Å². The Balaban J connectivity index is 2.31. The number of pyridine rings is 1. The number of rotatable bonds is 2. The molecule has 2 aromatic rings. The molecule has 0 fully saturated rings. The normalized spacial score (nSPS) is 10.4. The molecular formula is C14H14BrNO. The van der Waals surface area contributed by atoms with E-state index in [9.17, 15) is 0 Å². The highest BCUT2D eigenvalue weighted by Gasteiger charge is 2.04. The summed E-state index contributed by atoms with van der Waals surface area (Å²) in [5.74, 6) is 1.67. The molecule has 0 unspecified atom stereocenters. The summed E-state index contributed by atoms with van der Waals surface area (Å²) in [5, 5.41) is 0. The van der Waals surface area contributed by atoms with Crippen molar-refractivity contribution >= 4 is 15.9 Å². The van der Waals surface area contributed by atoms with E-state index in [0.717, 1.165) is 21.7 Å². The van der Waals surface area contributed by atoms with E-state index in [1.54, 1.807) is 6.20 Å². The Bertz CT molecular complexity index is 529. The summed E-state index contributed by atoms with van der Waals surface area (Å²) >= 11 is 3.54. The predicted octanol–water partition coefficient (Wildman–Crippen LogP) is 4.56. The maximum atomic E-state index is 5.82. The Morgan fingerprint density at radius 3 is 2.24 bits per heavy atom. The van der Waals surface area contributed by atoms with Crippen LogP contribution in [0.1, 0.15) is 16.8 Å². The molecule has 0 bridgehead atoms. The highest BCUT2D eigenvalue weighted by Crippen LogP contribution is 2.29. The van der Waals surface area contributed by atoms with E-state index in [1.807, 2.05) is 31.2 Å². The van der Waals surface area contributed by atoms with Gasteiger partial charge >= 0.3 is 0 Å². The van der Waals surface area contributed by atoms with Gasteiger partial charge in [-0.3, -0.25) is 4.98 Å². The monoisotopic (exact) mass is 291 g/mol. The van der Waals surface area contributed by atoms with Crippen LogP contribution in [0.2, 0.25) is 0 Å². The number of benzene rings is 1. The van der Waals surface area contributed by atoms with Gasteiger partial charge in [-0.25, -0.2) is 0 Å². The average Bonchev–Trinajstić information content (AvgIpc) is 2.26. The third-order valence-corrected chi connectivity index (χ3v) is 3.76. The number of nitrogens with zero attached hydrogens (tertiary/aromatic N) is 1. The van der Waals surface area contributed by atoms with Gasteiger partial charge in [0.2, 0.25) is 0 Å². The SMILES string of the molecule is Cc1cc(Oc2cc(C)c(Br)c(C)c2)ccn1. The second-order valence-electron chi connectivity index (χ2n) is 4.11. The molecule has 0 N–H and O–H groups in total. The van der Waals surface area contributed by atoms with Gasteiger partial charge in [0, 0.05) is 22.4 Å². The van der Waals surface area contributed by atoms with Gasteiger partial charge in [-0.15, -0.1) is 0 Å². The first kappa shape index (κ1) is 12.1. The molecule has 0 radical (unpaired) electrons. The molecule has 0 saturated carbocycles. The first-order valence-electron chi connectivity index (χ1n) is 5.43. The fourth-order valence-electron chi connectivity index (χ4n) is 1.68. The van der Waals surface area contributed by atoms with Crippen LogP contribution < -0.4 is 4.74 Å². The molecule has 0 aliphatic heterocycles. The maximum absolute atomic E-state index is 5.82. The summed E-state index contributed by atoms with van der Waals surface area (Å²) in [6, 6.07) is 7.83. The van der Waals surface area contributed by atoms with Crippen molar-refractivity contribution in [2.45, 2.75) is 20.8 Å². The molecule has 1 aromatic carbocycles. The van der Waals surface area contributed by atoms with Crippen LogP contribution in [0, 0.1) is 20.8 Å². The van der Waals surface area contributed by atoms with Crippen molar-refractivity contribution in [1.29, 1.82) is 0 Å². The molecule has 1 aromatic heterocycles. The molecule has 0 aliphatic carbocycles. The van der Waals surface area contributed by atoms with Crippen LogP contribution in [0.3, 0.4) is 0 Å².